The maximum Gasteiger partial charge on any atom is 0.277 e. The fourth-order valence-electron chi connectivity index (χ4n) is 3.45. The molecule has 5 heteroatoms. The van der Waals surface area contributed by atoms with Crippen LogP contribution in [0.15, 0.2) is 60.8 Å². The van der Waals surface area contributed by atoms with Gasteiger partial charge in [-0.1, -0.05) is 48.0 Å². The monoisotopic (exact) mass is 358 g/mol. The summed E-state index contributed by atoms with van der Waals surface area (Å²) in [7, 11) is 0. The van der Waals surface area contributed by atoms with E-state index < -0.39 is 0 Å². The largest absolute Gasteiger partial charge is 0.350 e. The first-order valence-electron chi connectivity index (χ1n) is 9.16. The molecule has 2 heterocycles. The van der Waals surface area contributed by atoms with Crippen LogP contribution in [0.3, 0.4) is 0 Å². The van der Waals surface area contributed by atoms with E-state index in [1.165, 1.54) is 11.1 Å². The minimum Gasteiger partial charge on any atom is -0.350 e. The van der Waals surface area contributed by atoms with Gasteiger partial charge in [0.15, 0.2) is 0 Å². The van der Waals surface area contributed by atoms with Crippen molar-refractivity contribution in [2.24, 2.45) is 0 Å². The number of hydrogen-bond donors (Lipinski definition) is 1. The van der Waals surface area contributed by atoms with Crippen LogP contribution in [0.5, 0.6) is 0 Å². The van der Waals surface area contributed by atoms with Gasteiger partial charge in [-0.25, -0.2) is 9.97 Å². The summed E-state index contributed by atoms with van der Waals surface area (Å²) in [6.45, 7) is 4.74. The molecule has 27 heavy (non-hydrogen) atoms. The highest BCUT2D eigenvalue weighted by Gasteiger charge is 2.31. The predicted octanol–water partition coefficient (Wildman–Crippen LogP) is 3.99. The number of benzene rings is 2. The molecule has 0 aliphatic carbocycles. The maximum atomic E-state index is 13.1. The number of rotatable bonds is 4. The van der Waals surface area contributed by atoms with Gasteiger partial charge in [0.1, 0.15) is 5.69 Å². The van der Waals surface area contributed by atoms with Crippen LogP contribution in [-0.4, -0.2) is 21.9 Å². The number of para-hydroxylation sites is 1. The lowest BCUT2D eigenvalue weighted by Gasteiger charge is -2.22. The molecule has 0 fully saturated rings. The predicted molar refractivity (Wildman–Crippen MR) is 107 cm³/mol. The summed E-state index contributed by atoms with van der Waals surface area (Å²) in [4.78, 5) is 23.6. The van der Waals surface area contributed by atoms with Crippen LogP contribution in [0.2, 0.25) is 0 Å². The molecule has 1 unspecified atom stereocenters. The molecule has 0 saturated carbocycles. The van der Waals surface area contributed by atoms with Gasteiger partial charge < -0.3 is 10.2 Å². The SMILES string of the molecule is Cc1ccc(CNc2nccc(C(=O)N3c4ccccc4CC3C)n2)cc1. The molecule has 4 rings (SSSR count). The fraction of sp³-hybridized carbons (Fsp3) is 0.227. The Morgan fingerprint density at radius 2 is 1.93 bits per heavy atom. The van der Waals surface area contributed by atoms with Crippen molar-refractivity contribution < 1.29 is 4.79 Å². The van der Waals surface area contributed by atoms with Crippen molar-refractivity contribution in [2.75, 3.05) is 10.2 Å². The van der Waals surface area contributed by atoms with E-state index in [2.05, 4.69) is 59.5 Å². The number of aryl methyl sites for hydroxylation is 1. The molecule has 5 nitrogen and oxygen atoms in total. The van der Waals surface area contributed by atoms with E-state index in [0.29, 0.717) is 18.2 Å². The minimum atomic E-state index is -0.0896. The molecular weight excluding hydrogens is 336 g/mol. The van der Waals surface area contributed by atoms with Gasteiger partial charge in [0, 0.05) is 24.5 Å². The smallest absolute Gasteiger partial charge is 0.277 e. The summed E-state index contributed by atoms with van der Waals surface area (Å²) in [5.74, 6) is 0.370. The zero-order valence-corrected chi connectivity index (χ0v) is 15.5. The number of anilines is 2. The minimum absolute atomic E-state index is 0.0896. The fourth-order valence-corrected chi connectivity index (χ4v) is 3.45. The zero-order valence-electron chi connectivity index (χ0n) is 15.5. The lowest BCUT2D eigenvalue weighted by Crippen LogP contribution is -2.36. The first-order chi connectivity index (χ1) is 13.1. The molecule has 0 bridgehead atoms. The molecule has 1 amide bonds. The van der Waals surface area contributed by atoms with Crippen LogP contribution in [0.1, 0.15) is 34.1 Å². The van der Waals surface area contributed by atoms with Crippen LogP contribution in [0.25, 0.3) is 0 Å². The van der Waals surface area contributed by atoms with Crippen LogP contribution >= 0.6 is 0 Å². The Bertz CT molecular complexity index is 968. The molecule has 136 valence electrons. The van der Waals surface area contributed by atoms with Crippen molar-refractivity contribution in [1.82, 2.24) is 9.97 Å². The summed E-state index contributed by atoms with van der Waals surface area (Å²) in [5, 5.41) is 3.20. The van der Waals surface area contributed by atoms with Crippen molar-refractivity contribution in [3.05, 3.63) is 83.2 Å². The van der Waals surface area contributed by atoms with Gasteiger partial charge in [-0.3, -0.25) is 4.79 Å². The summed E-state index contributed by atoms with van der Waals surface area (Å²) >= 11 is 0. The topological polar surface area (TPSA) is 58.1 Å². The average molecular weight is 358 g/mol. The van der Waals surface area contributed by atoms with Crippen LogP contribution < -0.4 is 10.2 Å². The van der Waals surface area contributed by atoms with Gasteiger partial charge in [-0.05, 0) is 43.5 Å². The second-order valence-corrected chi connectivity index (χ2v) is 6.96. The Hall–Kier alpha value is -3.21. The Kier molecular flexibility index (Phi) is 4.59. The quantitative estimate of drug-likeness (QED) is 0.766. The lowest BCUT2D eigenvalue weighted by atomic mass is 10.1. The Balaban J connectivity index is 1.52. The normalized spacial score (nSPS) is 15.5. The standard InChI is InChI=1S/C22H22N4O/c1-15-7-9-17(10-8-15)14-24-22-23-12-11-19(25-22)21(27)26-16(2)13-18-5-3-4-6-20(18)26/h3-12,16H,13-14H2,1-2H3,(H,23,24,25). The van der Waals surface area contributed by atoms with E-state index >= 15 is 0 Å². The molecule has 0 radical (unpaired) electrons. The van der Waals surface area contributed by atoms with E-state index in [1.54, 1.807) is 12.3 Å². The maximum absolute atomic E-state index is 13.1. The molecule has 1 aliphatic heterocycles. The molecule has 2 aromatic carbocycles. The molecular formula is C22H22N4O. The lowest BCUT2D eigenvalue weighted by molar-refractivity contribution is 0.0976. The zero-order chi connectivity index (χ0) is 18.8. The van der Waals surface area contributed by atoms with Crippen molar-refractivity contribution in [1.29, 1.82) is 0 Å². The van der Waals surface area contributed by atoms with Crippen molar-refractivity contribution in [3.63, 3.8) is 0 Å². The van der Waals surface area contributed by atoms with Crippen LogP contribution in [0.4, 0.5) is 11.6 Å². The van der Waals surface area contributed by atoms with E-state index in [4.69, 9.17) is 0 Å². The molecule has 0 saturated heterocycles. The number of aromatic nitrogens is 2. The third-order valence-electron chi connectivity index (χ3n) is 4.87. The third-order valence-corrected chi connectivity index (χ3v) is 4.87. The van der Waals surface area contributed by atoms with Gasteiger partial charge in [0.2, 0.25) is 5.95 Å². The summed E-state index contributed by atoms with van der Waals surface area (Å²) in [5.41, 5.74) is 4.94. The van der Waals surface area contributed by atoms with E-state index in [0.717, 1.165) is 17.7 Å². The second kappa shape index (κ2) is 7.19. The molecule has 1 aromatic heterocycles. The third kappa shape index (κ3) is 3.53. The molecule has 1 N–H and O–H groups in total. The number of fused-ring (bicyclic) bond motifs is 1. The number of carbonyl (C=O) groups is 1. The summed E-state index contributed by atoms with van der Waals surface area (Å²) in [6, 6.07) is 18.1. The van der Waals surface area contributed by atoms with E-state index in [1.807, 2.05) is 23.1 Å². The summed E-state index contributed by atoms with van der Waals surface area (Å²) < 4.78 is 0. The summed E-state index contributed by atoms with van der Waals surface area (Å²) in [6.07, 6.45) is 2.50. The highest BCUT2D eigenvalue weighted by molar-refractivity contribution is 6.06. The molecule has 1 atom stereocenters. The number of amides is 1. The molecule has 3 aromatic rings. The van der Waals surface area contributed by atoms with Gasteiger partial charge in [-0.2, -0.15) is 0 Å². The highest BCUT2D eigenvalue weighted by atomic mass is 16.2. The van der Waals surface area contributed by atoms with Crippen molar-refractivity contribution in [3.8, 4) is 0 Å². The number of carbonyl (C=O) groups excluding carboxylic acids is 1. The second-order valence-electron chi connectivity index (χ2n) is 6.96. The first-order valence-corrected chi connectivity index (χ1v) is 9.16. The number of hydrogen-bond acceptors (Lipinski definition) is 4. The van der Waals surface area contributed by atoms with Crippen LogP contribution in [-0.2, 0) is 13.0 Å². The van der Waals surface area contributed by atoms with E-state index in [-0.39, 0.29) is 11.9 Å². The van der Waals surface area contributed by atoms with Gasteiger partial charge in [0.25, 0.3) is 5.91 Å². The van der Waals surface area contributed by atoms with Crippen molar-refractivity contribution in [2.45, 2.75) is 32.9 Å². The van der Waals surface area contributed by atoms with Gasteiger partial charge >= 0.3 is 0 Å². The highest BCUT2D eigenvalue weighted by Crippen LogP contribution is 2.32. The van der Waals surface area contributed by atoms with Gasteiger partial charge in [-0.15, -0.1) is 0 Å². The first kappa shape index (κ1) is 17.2. The van der Waals surface area contributed by atoms with Crippen LogP contribution in [0, 0.1) is 6.92 Å². The Morgan fingerprint density at radius 3 is 2.74 bits per heavy atom. The number of nitrogens with one attached hydrogen (secondary N) is 1. The number of nitrogens with zero attached hydrogens (tertiary/aromatic N) is 3. The Morgan fingerprint density at radius 1 is 1.15 bits per heavy atom. The Labute approximate surface area is 159 Å². The van der Waals surface area contributed by atoms with Gasteiger partial charge in [0.05, 0.1) is 0 Å². The average Bonchev–Trinajstić information content (AvgIpc) is 3.03. The van der Waals surface area contributed by atoms with Crippen molar-refractivity contribution >= 4 is 17.5 Å². The molecule has 0 spiro atoms. The van der Waals surface area contributed by atoms with E-state index in [9.17, 15) is 4.79 Å². The molecule has 1 aliphatic rings.